The average Bonchev–Trinajstić information content (AvgIpc) is 3.64. The summed E-state index contributed by atoms with van der Waals surface area (Å²) in [6.45, 7) is 0. The third-order valence-corrected chi connectivity index (χ3v) is 11.7. The van der Waals surface area contributed by atoms with Gasteiger partial charge in [-0.3, -0.25) is 0 Å². The van der Waals surface area contributed by atoms with Crippen molar-refractivity contribution in [2.75, 3.05) is 4.90 Å². The van der Waals surface area contributed by atoms with Gasteiger partial charge in [0.25, 0.3) is 0 Å². The molecule has 0 fully saturated rings. The Labute approximate surface area is 319 Å². The van der Waals surface area contributed by atoms with E-state index in [0.717, 1.165) is 11.4 Å². The van der Waals surface area contributed by atoms with E-state index in [0.29, 0.717) is 0 Å². The van der Waals surface area contributed by atoms with Crippen LogP contribution < -0.4 is 4.90 Å². The van der Waals surface area contributed by atoms with Crippen LogP contribution >= 0.6 is 11.3 Å². The zero-order chi connectivity index (χ0) is 35.8. The third kappa shape index (κ3) is 5.74. The van der Waals surface area contributed by atoms with Gasteiger partial charge in [0, 0.05) is 26.8 Å². The molecule has 0 aliphatic heterocycles. The molecule has 0 N–H and O–H groups in total. The Kier molecular flexibility index (Phi) is 8.09. The highest BCUT2D eigenvalue weighted by molar-refractivity contribution is 7.26. The molecule has 0 atom stereocenters. The summed E-state index contributed by atoms with van der Waals surface area (Å²) in [5, 5.41) is 5.12. The summed E-state index contributed by atoms with van der Waals surface area (Å²) in [5.74, 6) is 0. The van der Waals surface area contributed by atoms with E-state index in [1.807, 2.05) is 11.3 Å². The molecule has 0 amide bonds. The van der Waals surface area contributed by atoms with Crippen molar-refractivity contribution in [3.63, 3.8) is 0 Å². The van der Waals surface area contributed by atoms with Crippen molar-refractivity contribution in [3.05, 3.63) is 212 Å². The van der Waals surface area contributed by atoms with Crippen molar-refractivity contribution in [1.29, 1.82) is 0 Å². The molecule has 2 heteroatoms. The van der Waals surface area contributed by atoms with Crippen LogP contribution in [0.3, 0.4) is 0 Å². The van der Waals surface area contributed by atoms with Crippen LogP contribution in [0.25, 0.3) is 75.5 Å². The molecule has 0 radical (unpaired) electrons. The van der Waals surface area contributed by atoms with Crippen molar-refractivity contribution < 1.29 is 0 Å². The number of hydrogen-bond acceptors (Lipinski definition) is 2. The van der Waals surface area contributed by atoms with E-state index >= 15 is 0 Å². The van der Waals surface area contributed by atoms with Crippen LogP contribution in [0.15, 0.2) is 212 Å². The van der Waals surface area contributed by atoms with E-state index in [1.54, 1.807) is 0 Å². The second-order valence-corrected chi connectivity index (χ2v) is 14.8. The Balaban J connectivity index is 1.10. The lowest BCUT2D eigenvalue weighted by molar-refractivity contribution is 1.30. The van der Waals surface area contributed by atoms with Crippen molar-refractivity contribution >= 4 is 59.3 Å². The molecule has 0 aliphatic carbocycles. The highest BCUT2D eigenvalue weighted by Crippen LogP contribution is 2.46. The van der Waals surface area contributed by atoms with E-state index < -0.39 is 0 Å². The molecule has 54 heavy (non-hydrogen) atoms. The molecular formula is C52H35NS. The lowest BCUT2D eigenvalue weighted by Gasteiger charge is -2.27. The maximum atomic E-state index is 2.44. The normalized spacial score (nSPS) is 11.3. The zero-order valence-corrected chi connectivity index (χ0v) is 30.4. The first-order valence-corrected chi connectivity index (χ1v) is 19.2. The lowest BCUT2D eigenvalue weighted by atomic mass is 9.93. The highest BCUT2D eigenvalue weighted by atomic mass is 32.1. The van der Waals surface area contributed by atoms with Crippen molar-refractivity contribution in [2.45, 2.75) is 0 Å². The third-order valence-electron chi connectivity index (χ3n) is 10.5. The smallest absolute Gasteiger partial charge is 0.0640 e. The molecule has 0 saturated carbocycles. The Morgan fingerprint density at radius 2 is 0.852 bits per heavy atom. The summed E-state index contributed by atoms with van der Waals surface area (Å²) in [6.07, 6.45) is 0. The molecule has 1 nitrogen and oxygen atoms in total. The van der Waals surface area contributed by atoms with Crippen LogP contribution in [0.1, 0.15) is 0 Å². The molecular weight excluding hydrogens is 671 g/mol. The van der Waals surface area contributed by atoms with Gasteiger partial charge in [-0.1, -0.05) is 176 Å². The van der Waals surface area contributed by atoms with E-state index in [4.69, 9.17) is 0 Å². The molecule has 9 aromatic carbocycles. The van der Waals surface area contributed by atoms with Gasteiger partial charge in [-0.15, -0.1) is 11.3 Å². The molecule has 254 valence electrons. The molecule has 10 aromatic rings. The lowest BCUT2D eigenvalue weighted by Crippen LogP contribution is -2.10. The van der Waals surface area contributed by atoms with Crippen molar-refractivity contribution in [2.24, 2.45) is 0 Å². The number of benzene rings is 9. The van der Waals surface area contributed by atoms with E-state index in [9.17, 15) is 0 Å². The average molecular weight is 706 g/mol. The van der Waals surface area contributed by atoms with E-state index in [-0.39, 0.29) is 0 Å². The van der Waals surface area contributed by atoms with Gasteiger partial charge in [0.2, 0.25) is 0 Å². The summed E-state index contributed by atoms with van der Waals surface area (Å²) in [7, 11) is 0. The minimum atomic E-state index is 1.11. The summed E-state index contributed by atoms with van der Waals surface area (Å²) in [5.41, 5.74) is 13.1. The van der Waals surface area contributed by atoms with E-state index in [2.05, 4.69) is 217 Å². The minimum absolute atomic E-state index is 1.11. The number of hydrogen-bond donors (Lipinski definition) is 0. The van der Waals surface area contributed by atoms with Gasteiger partial charge in [-0.05, 0) is 91.7 Å². The first kappa shape index (κ1) is 32.0. The number of anilines is 3. The number of fused-ring (bicyclic) bond motifs is 4. The summed E-state index contributed by atoms with van der Waals surface area (Å²) in [6, 6.07) is 77.1. The maximum Gasteiger partial charge on any atom is 0.0640 e. The predicted molar refractivity (Wildman–Crippen MR) is 233 cm³/mol. The number of thiophene rings is 1. The quantitative estimate of drug-likeness (QED) is 0.160. The van der Waals surface area contributed by atoms with Crippen LogP contribution in [-0.2, 0) is 0 Å². The van der Waals surface area contributed by atoms with Gasteiger partial charge >= 0.3 is 0 Å². The Morgan fingerprint density at radius 3 is 1.61 bits per heavy atom. The molecule has 1 heterocycles. The standard InChI is InChI=1S/C52H35NS/c1-3-13-38(14-4-1)46-34-33-43(35-49(46)40-15-5-2-6-16-40)53(50-23-12-22-48-47-20-9-10-24-51(47)54-52(48)50)42-31-29-37(30-32-42)36-25-27-41(28-26-36)45-21-11-18-39-17-7-8-19-44(39)45/h1-35H. The molecule has 10 rings (SSSR count). The Bertz CT molecular complexity index is 2900. The topological polar surface area (TPSA) is 3.24 Å². The molecule has 0 bridgehead atoms. The zero-order valence-electron chi connectivity index (χ0n) is 29.6. The molecule has 0 unspecified atom stereocenters. The van der Waals surface area contributed by atoms with Gasteiger partial charge in [0.1, 0.15) is 0 Å². The fourth-order valence-corrected chi connectivity index (χ4v) is 9.06. The number of rotatable bonds is 7. The van der Waals surface area contributed by atoms with E-state index in [1.165, 1.54) is 81.1 Å². The van der Waals surface area contributed by atoms with Gasteiger partial charge in [-0.25, -0.2) is 0 Å². The molecule has 0 aliphatic rings. The molecule has 1 aromatic heterocycles. The van der Waals surface area contributed by atoms with Crippen LogP contribution in [0.5, 0.6) is 0 Å². The largest absolute Gasteiger partial charge is 0.309 e. The van der Waals surface area contributed by atoms with Crippen LogP contribution in [-0.4, -0.2) is 0 Å². The summed E-state index contributed by atoms with van der Waals surface area (Å²) < 4.78 is 2.58. The predicted octanol–water partition coefficient (Wildman–Crippen LogP) is 15.3. The molecule has 0 spiro atoms. The second kappa shape index (κ2) is 13.7. The fourth-order valence-electron chi connectivity index (χ4n) is 7.86. The van der Waals surface area contributed by atoms with Gasteiger partial charge in [0.05, 0.1) is 10.4 Å². The fraction of sp³-hybridized carbons (Fsp3) is 0. The minimum Gasteiger partial charge on any atom is -0.309 e. The van der Waals surface area contributed by atoms with Gasteiger partial charge in [0.15, 0.2) is 0 Å². The summed E-state index contributed by atoms with van der Waals surface area (Å²) in [4.78, 5) is 2.44. The van der Waals surface area contributed by atoms with Gasteiger partial charge < -0.3 is 4.90 Å². The highest BCUT2D eigenvalue weighted by Gasteiger charge is 2.20. The first-order chi connectivity index (χ1) is 26.8. The van der Waals surface area contributed by atoms with Crippen molar-refractivity contribution in [3.8, 4) is 44.5 Å². The van der Waals surface area contributed by atoms with Crippen LogP contribution in [0.2, 0.25) is 0 Å². The summed E-state index contributed by atoms with van der Waals surface area (Å²) >= 11 is 1.86. The van der Waals surface area contributed by atoms with Crippen molar-refractivity contribution in [1.82, 2.24) is 0 Å². The second-order valence-electron chi connectivity index (χ2n) is 13.7. The van der Waals surface area contributed by atoms with Gasteiger partial charge in [-0.2, -0.15) is 0 Å². The Hall–Kier alpha value is -6.74. The van der Waals surface area contributed by atoms with Crippen LogP contribution in [0.4, 0.5) is 17.1 Å². The maximum absolute atomic E-state index is 2.44. The number of nitrogens with zero attached hydrogens (tertiary/aromatic N) is 1. The first-order valence-electron chi connectivity index (χ1n) is 18.4. The SMILES string of the molecule is c1ccc(-c2ccc(N(c3ccc(-c4ccc(-c5cccc6ccccc56)cc4)cc3)c3cccc4c3sc3ccccc34)cc2-c2ccccc2)cc1. The van der Waals surface area contributed by atoms with Crippen LogP contribution in [0, 0.1) is 0 Å². The molecule has 0 saturated heterocycles. The monoisotopic (exact) mass is 705 g/mol. The Morgan fingerprint density at radius 1 is 0.315 bits per heavy atom.